The molecule has 0 aliphatic heterocycles. The molecule has 1 atom stereocenters. The first kappa shape index (κ1) is 9.88. The van der Waals surface area contributed by atoms with E-state index >= 15 is 0 Å². The second-order valence-electron chi connectivity index (χ2n) is 2.45. The fraction of sp³-hybridized carbons (Fsp3) is 1.00. The monoisotopic (exact) mass is 148 g/mol. The Bertz CT molecular complexity index is 65.9. The van der Waals surface area contributed by atoms with Gasteiger partial charge in [-0.3, -0.25) is 5.26 Å². The Morgan fingerprint density at radius 3 is 2.60 bits per heavy atom. The Morgan fingerprint density at radius 2 is 2.10 bits per heavy atom. The highest BCUT2D eigenvalue weighted by Gasteiger charge is 2.01. The van der Waals surface area contributed by atoms with Crippen LogP contribution in [0.1, 0.15) is 32.6 Å². The summed E-state index contributed by atoms with van der Waals surface area (Å²) in [7, 11) is 0. The van der Waals surface area contributed by atoms with E-state index in [9.17, 15) is 0 Å². The summed E-state index contributed by atoms with van der Waals surface area (Å²) in [6.07, 6.45) is 3.49. The smallest absolute Gasteiger partial charge is 0.108 e. The highest BCUT2D eigenvalue weighted by atomic mass is 17.1. The van der Waals surface area contributed by atoms with E-state index in [-0.39, 0.29) is 6.61 Å². The summed E-state index contributed by atoms with van der Waals surface area (Å²) in [6, 6.07) is 0. The predicted molar refractivity (Wildman–Crippen MR) is 38.7 cm³/mol. The van der Waals surface area contributed by atoms with Crippen molar-refractivity contribution in [3.63, 3.8) is 0 Å². The van der Waals surface area contributed by atoms with E-state index in [0.717, 1.165) is 19.3 Å². The number of hydrogen-bond donors (Lipinski definition) is 2. The molecule has 0 aliphatic rings. The quantitative estimate of drug-likeness (QED) is 0.340. The van der Waals surface area contributed by atoms with E-state index in [0.29, 0.717) is 6.42 Å². The van der Waals surface area contributed by atoms with Crippen molar-refractivity contribution >= 4 is 0 Å². The lowest BCUT2D eigenvalue weighted by Crippen LogP contribution is -2.13. The molecule has 0 amide bonds. The zero-order valence-electron chi connectivity index (χ0n) is 6.42. The van der Waals surface area contributed by atoms with Gasteiger partial charge in [0.2, 0.25) is 0 Å². The van der Waals surface area contributed by atoms with Crippen molar-refractivity contribution in [3.8, 4) is 0 Å². The van der Waals surface area contributed by atoms with Gasteiger partial charge in [-0.1, -0.05) is 26.2 Å². The molecule has 3 heteroatoms. The van der Waals surface area contributed by atoms with E-state index in [2.05, 4.69) is 11.8 Å². The molecule has 0 fully saturated rings. The zero-order valence-corrected chi connectivity index (χ0v) is 6.42. The van der Waals surface area contributed by atoms with Crippen molar-refractivity contribution in [2.45, 2.75) is 38.7 Å². The van der Waals surface area contributed by atoms with Crippen LogP contribution in [-0.2, 0) is 4.89 Å². The van der Waals surface area contributed by atoms with Crippen molar-refractivity contribution < 1.29 is 15.3 Å². The van der Waals surface area contributed by atoms with Gasteiger partial charge in [-0.2, -0.15) is 0 Å². The normalized spacial score (nSPS) is 13.5. The van der Waals surface area contributed by atoms with Crippen LogP contribution in [0.3, 0.4) is 0 Å². The fourth-order valence-corrected chi connectivity index (χ4v) is 0.799. The Balaban J connectivity index is 2.97. The predicted octanol–water partition coefficient (Wildman–Crippen LogP) is 1.42. The van der Waals surface area contributed by atoms with Crippen molar-refractivity contribution in [1.82, 2.24) is 0 Å². The largest absolute Gasteiger partial charge is 0.391 e. The van der Waals surface area contributed by atoms with E-state index in [1.807, 2.05) is 0 Å². The van der Waals surface area contributed by atoms with E-state index < -0.39 is 6.10 Å². The first-order chi connectivity index (χ1) is 4.81. The fourth-order valence-electron chi connectivity index (χ4n) is 0.799. The summed E-state index contributed by atoms with van der Waals surface area (Å²) in [4.78, 5) is 3.78. The van der Waals surface area contributed by atoms with E-state index in [4.69, 9.17) is 10.4 Å². The highest BCUT2D eigenvalue weighted by Crippen LogP contribution is 2.02. The van der Waals surface area contributed by atoms with Crippen LogP contribution in [0.15, 0.2) is 0 Å². The van der Waals surface area contributed by atoms with Gasteiger partial charge in [0.1, 0.15) is 6.61 Å². The third kappa shape index (κ3) is 6.01. The molecule has 0 saturated carbocycles. The average molecular weight is 148 g/mol. The number of aliphatic hydroxyl groups is 1. The summed E-state index contributed by atoms with van der Waals surface area (Å²) in [5.74, 6) is 0. The maximum atomic E-state index is 8.99. The molecule has 0 aromatic heterocycles. The second kappa shape index (κ2) is 6.99. The van der Waals surface area contributed by atoms with Gasteiger partial charge in [0, 0.05) is 0 Å². The van der Waals surface area contributed by atoms with Crippen molar-refractivity contribution in [2.75, 3.05) is 6.61 Å². The van der Waals surface area contributed by atoms with E-state index in [1.165, 1.54) is 0 Å². The van der Waals surface area contributed by atoms with Crippen molar-refractivity contribution in [2.24, 2.45) is 0 Å². The third-order valence-corrected chi connectivity index (χ3v) is 1.41. The van der Waals surface area contributed by atoms with Crippen LogP contribution in [0.4, 0.5) is 0 Å². The van der Waals surface area contributed by atoms with Crippen LogP contribution in [0.5, 0.6) is 0 Å². The van der Waals surface area contributed by atoms with Crippen LogP contribution in [0.2, 0.25) is 0 Å². The summed E-state index contributed by atoms with van der Waals surface area (Å²) in [6.45, 7) is 2.14. The molecule has 0 saturated heterocycles. The molecule has 0 radical (unpaired) electrons. The summed E-state index contributed by atoms with van der Waals surface area (Å²) < 4.78 is 0. The standard InChI is InChI=1S/C7H16O3/c1-2-3-4-5-7(8)6-10-9/h7-9H,2-6H2,1H3. The molecule has 10 heavy (non-hydrogen) atoms. The SMILES string of the molecule is CCCCCC(O)COO. The number of rotatable bonds is 6. The molecule has 0 spiro atoms. The first-order valence-electron chi connectivity index (χ1n) is 3.75. The van der Waals surface area contributed by atoms with Gasteiger partial charge in [0.05, 0.1) is 6.10 Å². The molecule has 62 valence electrons. The van der Waals surface area contributed by atoms with Gasteiger partial charge < -0.3 is 5.11 Å². The highest BCUT2D eigenvalue weighted by molar-refractivity contribution is 4.52. The molecule has 0 heterocycles. The van der Waals surface area contributed by atoms with Crippen LogP contribution >= 0.6 is 0 Å². The lowest BCUT2D eigenvalue weighted by atomic mass is 10.1. The number of hydrogen-bond acceptors (Lipinski definition) is 3. The maximum Gasteiger partial charge on any atom is 0.108 e. The maximum absolute atomic E-state index is 8.99. The molecular weight excluding hydrogens is 132 g/mol. The average Bonchev–Trinajstić information content (AvgIpc) is 1.89. The molecule has 0 aromatic carbocycles. The molecule has 0 aromatic rings. The summed E-state index contributed by atoms with van der Waals surface area (Å²) in [5.41, 5.74) is 0. The Kier molecular flexibility index (Phi) is 6.91. The van der Waals surface area contributed by atoms with Crippen LogP contribution in [0.25, 0.3) is 0 Å². The van der Waals surface area contributed by atoms with Gasteiger partial charge in [-0.15, -0.1) is 0 Å². The molecule has 0 rings (SSSR count). The number of unbranched alkanes of at least 4 members (excludes halogenated alkanes) is 2. The molecule has 2 N–H and O–H groups in total. The van der Waals surface area contributed by atoms with Gasteiger partial charge in [-0.05, 0) is 6.42 Å². The van der Waals surface area contributed by atoms with Crippen LogP contribution < -0.4 is 0 Å². The topological polar surface area (TPSA) is 49.7 Å². The number of aliphatic hydroxyl groups excluding tert-OH is 1. The summed E-state index contributed by atoms with van der Waals surface area (Å²) in [5, 5.41) is 16.9. The van der Waals surface area contributed by atoms with Gasteiger partial charge in [0.15, 0.2) is 0 Å². The summed E-state index contributed by atoms with van der Waals surface area (Å²) >= 11 is 0. The van der Waals surface area contributed by atoms with Crippen LogP contribution in [-0.4, -0.2) is 23.1 Å². The van der Waals surface area contributed by atoms with Crippen LogP contribution in [0, 0.1) is 0 Å². The Labute approximate surface area is 61.6 Å². The first-order valence-corrected chi connectivity index (χ1v) is 3.75. The Morgan fingerprint density at radius 1 is 1.40 bits per heavy atom. The minimum absolute atomic E-state index is 0.0315. The van der Waals surface area contributed by atoms with Gasteiger partial charge >= 0.3 is 0 Å². The van der Waals surface area contributed by atoms with Crippen molar-refractivity contribution in [3.05, 3.63) is 0 Å². The molecular formula is C7H16O3. The van der Waals surface area contributed by atoms with E-state index in [1.54, 1.807) is 0 Å². The lowest BCUT2D eigenvalue weighted by molar-refractivity contribution is -0.257. The zero-order chi connectivity index (χ0) is 7.82. The molecule has 0 aliphatic carbocycles. The lowest BCUT2D eigenvalue weighted by Gasteiger charge is -2.06. The van der Waals surface area contributed by atoms with Gasteiger partial charge in [-0.25, -0.2) is 4.89 Å². The Hall–Kier alpha value is -0.120. The minimum Gasteiger partial charge on any atom is -0.391 e. The third-order valence-electron chi connectivity index (χ3n) is 1.41. The molecule has 0 bridgehead atoms. The second-order valence-corrected chi connectivity index (χ2v) is 2.45. The molecule has 1 unspecified atom stereocenters. The van der Waals surface area contributed by atoms with Gasteiger partial charge in [0.25, 0.3) is 0 Å². The van der Waals surface area contributed by atoms with Crippen molar-refractivity contribution in [1.29, 1.82) is 0 Å². The minimum atomic E-state index is -0.503. The molecule has 3 nitrogen and oxygen atoms in total.